The van der Waals surface area contributed by atoms with Crippen molar-refractivity contribution in [2.45, 2.75) is 32.2 Å². The van der Waals surface area contributed by atoms with Crippen molar-refractivity contribution in [3.8, 4) is 5.75 Å². The van der Waals surface area contributed by atoms with Crippen LogP contribution >= 0.6 is 0 Å². The summed E-state index contributed by atoms with van der Waals surface area (Å²) in [5.74, 6) is 0.494. The Morgan fingerprint density at radius 3 is 2.58 bits per heavy atom. The molecule has 0 bridgehead atoms. The zero-order valence-corrected chi connectivity index (χ0v) is 19.2. The van der Waals surface area contributed by atoms with Crippen LogP contribution in [0.5, 0.6) is 5.75 Å². The van der Waals surface area contributed by atoms with E-state index < -0.39 is 10.0 Å². The molecule has 0 aromatic heterocycles. The second-order valence-corrected chi connectivity index (χ2v) is 9.66. The maximum Gasteiger partial charge on any atom is 0.244 e. The van der Waals surface area contributed by atoms with Crippen molar-refractivity contribution in [3.63, 3.8) is 0 Å². The largest absolute Gasteiger partial charge is 0.494 e. The van der Waals surface area contributed by atoms with Gasteiger partial charge in [0.05, 0.1) is 18.0 Å². The van der Waals surface area contributed by atoms with Crippen LogP contribution in [0.25, 0.3) is 0 Å². The summed E-state index contributed by atoms with van der Waals surface area (Å²) in [5.41, 5.74) is 2.29. The summed E-state index contributed by atoms with van der Waals surface area (Å²) in [6.07, 6.45) is 0. The van der Waals surface area contributed by atoms with Crippen LogP contribution in [0.2, 0.25) is 0 Å². The standard InChI is InChI=1S/C23H31N3O4S/c1-4-30-21-7-5-6-20(15-21)16-26(17-23(27)25-12-10-24-11-13-25)31(28,29)22-14-18(2)8-9-19(22)3/h5-9,14-15,24H,4,10-13,16-17H2,1-3H3. The molecule has 0 saturated carbocycles. The molecule has 1 amide bonds. The average Bonchev–Trinajstić information content (AvgIpc) is 2.76. The zero-order valence-electron chi connectivity index (χ0n) is 18.4. The van der Waals surface area contributed by atoms with Crippen LogP contribution in [0.4, 0.5) is 0 Å². The molecule has 1 fully saturated rings. The van der Waals surface area contributed by atoms with Crippen molar-refractivity contribution in [2.75, 3.05) is 39.3 Å². The summed E-state index contributed by atoms with van der Waals surface area (Å²) < 4.78 is 34.1. The fourth-order valence-corrected chi connectivity index (χ4v) is 5.31. The highest BCUT2D eigenvalue weighted by molar-refractivity contribution is 7.89. The Morgan fingerprint density at radius 2 is 1.87 bits per heavy atom. The van der Waals surface area contributed by atoms with E-state index in [1.807, 2.05) is 44.2 Å². The van der Waals surface area contributed by atoms with Crippen molar-refractivity contribution < 1.29 is 17.9 Å². The van der Waals surface area contributed by atoms with Crippen molar-refractivity contribution in [1.82, 2.24) is 14.5 Å². The minimum absolute atomic E-state index is 0.0917. The summed E-state index contributed by atoms with van der Waals surface area (Å²) in [5, 5.41) is 3.21. The number of nitrogens with zero attached hydrogens (tertiary/aromatic N) is 2. The van der Waals surface area contributed by atoms with Gasteiger partial charge in [-0.1, -0.05) is 24.3 Å². The molecule has 7 nitrogen and oxygen atoms in total. The fourth-order valence-electron chi connectivity index (χ4n) is 3.62. The van der Waals surface area contributed by atoms with Crippen LogP contribution in [0.1, 0.15) is 23.6 Å². The molecule has 0 aliphatic carbocycles. The van der Waals surface area contributed by atoms with Crippen LogP contribution in [0.3, 0.4) is 0 Å². The van der Waals surface area contributed by atoms with Gasteiger partial charge in [0.25, 0.3) is 0 Å². The van der Waals surface area contributed by atoms with E-state index in [-0.39, 0.29) is 23.9 Å². The minimum Gasteiger partial charge on any atom is -0.494 e. The summed E-state index contributed by atoms with van der Waals surface area (Å²) in [6.45, 7) is 8.54. The summed E-state index contributed by atoms with van der Waals surface area (Å²) in [6, 6.07) is 12.7. The van der Waals surface area contributed by atoms with E-state index in [1.165, 1.54) is 4.31 Å². The third-order valence-corrected chi connectivity index (χ3v) is 7.24. The van der Waals surface area contributed by atoms with Crippen molar-refractivity contribution in [1.29, 1.82) is 0 Å². The lowest BCUT2D eigenvalue weighted by molar-refractivity contribution is -0.132. The van der Waals surface area contributed by atoms with Gasteiger partial charge in [0.15, 0.2) is 0 Å². The van der Waals surface area contributed by atoms with E-state index in [4.69, 9.17) is 4.74 Å². The van der Waals surface area contributed by atoms with Crippen LogP contribution in [-0.2, 0) is 21.4 Å². The van der Waals surface area contributed by atoms with Gasteiger partial charge in [-0.05, 0) is 55.7 Å². The first-order valence-corrected chi connectivity index (χ1v) is 12.0. The van der Waals surface area contributed by atoms with Gasteiger partial charge in [-0.25, -0.2) is 8.42 Å². The van der Waals surface area contributed by atoms with Crippen LogP contribution in [-0.4, -0.2) is 62.9 Å². The number of hydrogen-bond acceptors (Lipinski definition) is 5. The monoisotopic (exact) mass is 445 g/mol. The molecule has 0 radical (unpaired) electrons. The van der Waals surface area contributed by atoms with E-state index in [0.29, 0.717) is 44.1 Å². The fraction of sp³-hybridized carbons (Fsp3) is 0.435. The van der Waals surface area contributed by atoms with Crippen molar-refractivity contribution >= 4 is 15.9 Å². The molecular formula is C23H31N3O4S. The van der Waals surface area contributed by atoms with E-state index in [2.05, 4.69) is 5.32 Å². The predicted molar refractivity (Wildman–Crippen MR) is 121 cm³/mol. The van der Waals surface area contributed by atoms with Gasteiger partial charge in [0.1, 0.15) is 5.75 Å². The molecule has 1 N–H and O–H groups in total. The molecule has 0 unspecified atom stereocenters. The summed E-state index contributed by atoms with van der Waals surface area (Å²) in [4.78, 5) is 14.9. The number of carbonyl (C=O) groups excluding carboxylic acids is 1. The van der Waals surface area contributed by atoms with E-state index in [0.717, 1.165) is 11.1 Å². The molecule has 1 heterocycles. The number of rotatable bonds is 8. The Labute approximate surface area is 185 Å². The average molecular weight is 446 g/mol. The molecule has 31 heavy (non-hydrogen) atoms. The Hall–Kier alpha value is -2.42. The lowest BCUT2D eigenvalue weighted by Gasteiger charge is -2.30. The lowest BCUT2D eigenvalue weighted by Crippen LogP contribution is -2.50. The van der Waals surface area contributed by atoms with Gasteiger partial charge in [0, 0.05) is 32.7 Å². The highest BCUT2D eigenvalue weighted by atomic mass is 32.2. The molecule has 168 valence electrons. The minimum atomic E-state index is -3.88. The van der Waals surface area contributed by atoms with Gasteiger partial charge >= 0.3 is 0 Å². The number of benzene rings is 2. The Kier molecular flexibility index (Phi) is 7.69. The first-order chi connectivity index (χ1) is 14.8. The second kappa shape index (κ2) is 10.3. The van der Waals surface area contributed by atoms with Crippen molar-refractivity contribution in [2.24, 2.45) is 0 Å². The Bertz CT molecular complexity index is 1020. The highest BCUT2D eigenvalue weighted by Gasteiger charge is 2.30. The molecule has 1 aliphatic heterocycles. The van der Waals surface area contributed by atoms with Gasteiger partial charge in [0.2, 0.25) is 15.9 Å². The number of hydrogen-bond donors (Lipinski definition) is 1. The molecule has 1 saturated heterocycles. The molecule has 0 spiro atoms. The zero-order chi connectivity index (χ0) is 22.4. The molecule has 1 aliphatic rings. The quantitative estimate of drug-likeness (QED) is 0.675. The number of piperazine rings is 1. The normalized spacial score (nSPS) is 14.6. The lowest BCUT2D eigenvalue weighted by atomic mass is 10.2. The second-order valence-electron chi connectivity index (χ2n) is 7.75. The maximum absolute atomic E-state index is 13.7. The Balaban J connectivity index is 1.94. The topological polar surface area (TPSA) is 79.0 Å². The molecule has 2 aromatic carbocycles. The first kappa shape index (κ1) is 23.2. The summed E-state index contributed by atoms with van der Waals surface area (Å²) in [7, 11) is -3.88. The number of sulfonamides is 1. The molecule has 0 atom stereocenters. The van der Waals surface area contributed by atoms with Gasteiger partial charge in [-0.3, -0.25) is 4.79 Å². The van der Waals surface area contributed by atoms with Crippen LogP contribution in [0, 0.1) is 13.8 Å². The van der Waals surface area contributed by atoms with E-state index >= 15 is 0 Å². The summed E-state index contributed by atoms with van der Waals surface area (Å²) >= 11 is 0. The highest BCUT2D eigenvalue weighted by Crippen LogP contribution is 2.24. The molecule has 8 heteroatoms. The van der Waals surface area contributed by atoms with Gasteiger partial charge < -0.3 is 15.0 Å². The van der Waals surface area contributed by atoms with Gasteiger partial charge in [-0.2, -0.15) is 4.31 Å². The number of ether oxygens (including phenoxy) is 1. The Morgan fingerprint density at radius 1 is 1.13 bits per heavy atom. The van der Waals surface area contributed by atoms with Gasteiger partial charge in [-0.15, -0.1) is 0 Å². The van der Waals surface area contributed by atoms with Crippen LogP contribution < -0.4 is 10.1 Å². The number of aryl methyl sites for hydroxylation is 2. The number of nitrogens with one attached hydrogen (secondary N) is 1. The third kappa shape index (κ3) is 5.84. The van der Waals surface area contributed by atoms with E-state index in [9.17, 15) is 13.2 Å². The maximum atomic E-state index is 13.7. The third-order valence-electron chi connectivity index (χ3n) is 5.31. The molecule has 2 aromatic rings. The smallest absolute Gasteiger partial charge is 0.244 e. The SMILES string of the molecule is CCOc1cccc(CN(CC(=O)N2CCNCC2)S(=O)(=O)c2cc(C)ccc2C)c1. The predicted octanol–water partition coefficient (Wildman–Crippen LogP) is 2.32. The van der Waals surface area contributed by atoms with Crippen LogP contribution in [0.15, 0.2) is 47.4 Å². The number of amides is 1. The molecular weight excluding hydrogens is 414 g/mol. The van der Waals surface area contributed by atoms with Crippen molar-refractivity contribution in [3.05, 3.63) is 59.2 Å². The van der Waals surface area contributed by atoms with E-state index in [1.54, 1.807) is 24.0 Å². The first-order valence-electron chi connectivity index (χ1n) is 10.6. The molecule has 3 rings (SSSR count). The number of carbonyl (C=O) groups is 1.